The van der Waals surface area contributed by atoms with Gasteiger partial charge in [-0.3, -0.25) is 10.6 Å². The summed E-state index contributed by atoms with van der Waals surface area (Å²) in [5.41, 5.74) is 14.5. The molecule has 3 nitrogen and oxygen atoms in total. The zero-order chi connectivity index (χ0) is 33.9. The third-order valence-electron chi connectivity index (χ3n) is 10.4. The van der Waals surface area contributed by atoms with Crippen LogP contribution >= 0.6 is 34.4 Å². The molecule has 1 aliphatic heterocycles. The lowest BCUT2D eigenvalue weighted by Crippen LogP contribution is -2.40. The van der Waals surface area contributed by atoms with Gasteiger partial charge in [-0.25, -0.2) is 0 Å². The van der Waals surface area contributed by atoms with Gasteiger partial charge in [0.2, 0.25) is 0 Å². The summed E-state index contributed by atoms with van der Waals surface area (Å²) in [6.45, 7) is 0.712. The van der Waals surface area contributed by atoms with Gasteiger partial charge in [0.15, 0.2) is 0 Å². The maximum atomic E-state index is 6.87. The van der Waals surface area contributed by atoms with E-state index in [4.69, 9.17) is 5.73 Å². The molecule has 0 fully saturated rings. The predicted molar refractivity (Wildman–Crippen MR) is 221 cm³/mol. The second kappa shape index (κ2) is 12.9. The molecule has 4 N–H and O–H groups in total. The molecule has 4 unspecified atom stereocenters. The van der Waals surface area contributed by atoms with Gasteiger partial charge in [0.05, 0.1) is 12.3 Å². The van der Waals surface area contributed by atoms with Gasteiger partial charge in [-0.1, -0.05) is 127 Å². The smallest absolute Gasteiger partial charge is 0.0863 e. The fourth-order valence-corrected chi connectivity index (χ4v) is 11.7. The highest BCUT2D eigenvalue weighted by atomic mass is 32.2. The lowest BCUT2D eigenvalue weighted by molar-refractivity contribution is 0.381. The van der Waals surface area contributed by atoms with Crippen molar-refractivity contribution in [1.29, 1.82) is 0 Å². The van der Waals surface area contributed by atoms with Gasteiger partial charge < -0.3 is 5.73 Å². The van der Waals surface area contributed by atoms with Crippen LogP contribution in [0.25, 0.3) is 45.9 Å². The summed E-state index contributed by atoms with van der Waals surface area (Å²) in [6.07, 6.45) is 6.80. The fraction of sp³-hybridized carbons (Fsp3) is 0.111. The van der Waals surface area contributed by atoms with E-state index < -0.39 is 0 Å². The van der Waals surface area contributed by atoms with E-state index in [1.165, 1.54) is 73.1 Å². The van der Waals surface area contributed by atoms with Crippen LogP contribution in [0.5, 0.6) is 0 Å². The van der Waals surface area contributed by atoms with Gasteiger partial charge in [-0.2, -0.15) is 0 Å². The molecule has 3 heterocycles. The first-order chi connectivity index (χ1) is 25.2. The van der Waals surface area contributed by atoms with Gasteiger partial charge in [0, 0.05) is 63.0 Å². The number of allylic oxidation sites excluding steroid dienone is 3. The highest BCUT2D eigenvalue weighted by molar-refractivity contribution is 8.00. The number of hydrogen-bond acceptors (Lipinski definition) is 6. The molecule has 1 aliphatic carbocycles. The molecule has 0 bridgehead atoms. The lowest BCUT2D eigenvalue weighted by Gasteiger charge is -2.27. The van der Waals surface area contributed by atoms with Crippen LogP contribution in [0, 0.1) is 0 Å². The Morgan fingerprint density at radius 2 is 1.39 bits per heavy atom. The summed E-state index contributed by atoms with van der Waals surface area (Å²) in [5, 5.41) is 13.3. The third kappa shape index (κ3) is 5.55. The molecule has 0 amide bonds. The maximum Gasteiger partial charge on any atom is 0.0863 e. The van der Waals surface area contributed by atoms with Crippen molar-refractivity contribution in [1.82, 2.24) is 10.6 Å². The van der Waals surface area contributed by atoms with E-state index in [2.05, 4.69) is 156 Å². The highest BCUT2D eigenvalue weighted by Crippen LogP contribution is 2.52. The Labute approximate surface area is 309 Å². The number of rotatable bonds is 8. The minimum Gasteiger partial charge on any atom is -0.312 e. The highest BCUT2D eigenvalue weighted by Gasteiger charge is 2.35. The molecule has 248 valence electrons. The van der Waals surface area contributed by atoms with Crippen LogP contribution in [0.15, 0.2) is 157 Å². The van der Waals surface area contributed by atoms with Crippen molar-refractivity contribution in [3.8, 4) is 0 Å². The molecule has 8 aromatic rings. The number of hydrogen-bond donors (Lipinski definition) is 3. The van der Waals surface area contributed by atoms with E-state index in [0.717, 1.165) is 5.56 Å². The summed E-state index contributed by atoms with van der Waals surface area (Å²) in [4.78, 5) is 1.35. The normalized spacial score (nSPS) is 17.9. The molecular weight excluding hydrogens is 679 g/mol. The summed E-state index contributed by atoms with van der Waals surface area (Å²) in [5.74, 6) is 0.327. The number of thiophene rings is 2. The largest absolute Gasteiger partial charge is 0.312 e. The number of fused-ring (bicyclic) bond motifs is 9. The van der Waals surface area contributed by atoms with Crippen LogP contribution in [0.1, 0.15) is 46.1 Å². The molecule has 4 atom stereocenters. The minimum atomic E-state index is -0.329. The zero-order valence-electron chi connectivity index (χ0n) is 27.8. The SMILES string of the molecule is NC(NC(NCc1ccc2sc3ccccc3c2c1)c1cccc2c1SC1C=C(c3cccc4c3sc3ccccc34)C=CC21)c1ccccc1. The van der Waals surface area contributed by atoms with Crippen LogP contribution in [0.3, 0.4) is 0 Å². The van der Waals surface area contributed by atoms with Crippen molar-refractivity contribution < 1.29 is 0 Å². The maximum absolute atomic E-state index is 6.87. The van der Waals surface area contributed by atoms with Gasteiger partial charge in [-0.15, -0.1) is 34.4 Å². The quantitative estimate of drug-likeness (QED) is 0.137. The van der Waals surface area contributed by atoms with Crippen LogP contribution in [-0.2, 0) is 6.54 Å². The summed E-state index contributed by atoms with van der Waals surface area (Å²) < 4.78 is 5.36. The second-order valence-electron chi connectivity index (χ2n) is 13.4. The van der Waals surface area contributed by atoms with Crippen LogP contribution in [-0.4, -0.2) is 5.25 Å². The van der Waals surface area contributed by atoms with Crippen molar-refractivity contribution in [3.63, 3.8) is 0 Å². The topological polar surface area (TPSA) is 50.1 Å². The summed E-state index contributed by atoms with van der Waals surface area (Å²) in [6, 6.07) is 48.2. The first-order valence-corrected chi connectivity index (χ1v) is 20.0. The lowest BCUT2D eigenvalue weighted by atomic mass is 9.87. The zero-order valence-corrected chi connectivity index (χ0v) is 30.2. The average molecular weight is 714 g/mol. The number of benzene rings is 6. The monoisotopic (exact) mass is 713 g/mol. The van der Waals surface area contributed by atoms with Gasteiger partial charge in [0.25, 0.3) is 0 Å². The van der Waals surface area contributed by atoms with E-state index in [0.29, 0.717) is 17.7 Å². The Kier molecular flexibility index (Phi) is 7.90. The van der Waals surface area contributed by atoms with Gasteiger partial charge >= 0.3 is 0 Å². The summed E-state index contributed by atoms with van der Waals surface area (Å²) >= 11 is 5.75. The van der Waals surface area contributed by atoms with Crippen molar-refractivity contribution in [2.75, 3.05) is 0 Å². The van der Waals surface area contributed by atoms with Gasteiger partial charge in [0.1, 0.15) is 0 Å². The average Bonchev–Trinajstić information content (AvgIpc) is 3.87. The Morgan fingerprint density at radius 1 is 0.667 bits per heavy atom. The number of nitrogens with one attached hydrogen (secondary N) is 2. The molecule has 10 rings (SSSR count). The predicted octanol–water partition coefficient (Wildman–Crippen LogP) is 11.7. The van der Waals surface area contributed by atoms with Crippen molar-refractivity contribution >= 4 is 80.4 Å². The molecule has 51 heavy (non-hydrogen) atoms. The van der Waals surface area contributed by atoms with Crippen molar-refractivity contribution in [2.24, 2.45) is 5.73 Å². The first-order valence-electron chi connectivity index (χ1n) is 17.5. The minimum absolute atomic E-state index is 0.155. The molecular formula is C45H35N3S3. The van der Waals surface area contributed by atoms with Crippen molar-refractivity contribution in [2.45, 2.75) is 34.9 Å². The van der Waals surface area contributed by atoms with E-state index in [-0.39, 0.29) is 12.3 Å². The molecule has 0 spiro atoms. The van der Waals surface area contributed by atoms with E-state index in [1.54, 1.807) is 0 Å². The Hall–Kier alpha value is -4.53. The Balaban J connectivity index is 0.983. The van der Waals surface area contributed by atoms with Crippen LogP contribution in [0.4, 0.5) is 0 Å². The molecule has 2 aliphatic rings. The van der Waals surface area contributed by atoms with Crippen LogP contribution < -0.4 is 16.4 Å². The molecule has 6 heteroatoms. The molecule has 2 aromatic heterocycles. The fourth-order valence-electron chi connectivity index (χ4n) is 7.83. The summed E-state index contributed by atoms with van der Waals surface area (Å²) in [7, 11) is 0. The molecule has 0 saturated carbocycles. The van der Waals surface area contributed by atoms with E-state index >= 15 is 0 Å². The second-order valence-corrected chi connectivity index (χ2v) is 16.8. The molecule has 0 saturated heterocycles. The van der Waals surface area contributed by atoms with Crippen LogP contribution in [0.2, 0.25) is 0 Å². The third-order valence-corrected chi connectivity index (χ3v) is 14.1. The van der Waals surface area contributed by atoms with E-state index in [9.17, 15) is 0 Å². The van der Waals surface area contributed by atoms with E-state index in [1.807, 2.05) is 40.5 Å². The standard InChI is InChI=1S/C45H35N3S3/c46-44(28-10-2-1-3-11-28)48-45(47-26-27-20-23-40-37(24-27)32-13-5-6-18-38(32)49-40)36-17-9-16-35-33-22-21-29(25-41(33)51-43(35)36)30-14-8-15-34-31-12-4-7-19-39(31)50-42(30)34/h1-25,33,41,44-45,47-48H,26,46H2. The Bertz CT molecular complexity index is 2650. The molecule has 6 aromatic carbocycles. The first kappa shape index (κ1) is 31.2. The Morgan fingerprint density at radius 3 is 2.25 bits per heavy atom. The number of nitrogens with two attached hydrogens (primary N) is 1. The van der Waals surface area contributed by atoms with Gasteiger partial charge in [-0.05, 0) is 57.7 Å². The number of thioether (sulfide) groups is 1. The van der Waals surface area contributed by atoms with Crippen molar-refractivity contribution in [3.05, 3.63) is 180 Å². The molecule has 0 radical (unpaired) electrons.